The van der Waals surface area contributed by atoms with Crippen molar-refractivity contribution in [3.63, 3.8) is 0 Å². The van der Waals surface area contributed by atoms with Crippen molar-refractivity contribution in [2.45, 2.75) is 20.0 Å². The highest BCUT2D eigenvalue weighted by molar-refractivity contribution is 6.06. The average Bonchev–Trinajstić information content (AvgIpc) is 2.96. The molecule has 1 aliphatic rings. The van der Waals surface area contributed by atoms with Gasteiger partial charge in [-0.1, -0.05) is 0 Å². The van der Waals surface area contributed by atoms with Crippen LogP contribution in [0.4, 0.5) is 16.2 Å². The van der Waals surface area contributed by atoms with Crippen LogP contribution in [0.25, 0.3) is 0 Å². The lowest BCUT2D eigenvalue weighted by Crippen LogP contribution is -2.47. The summed E-state index contributed by atoms with van der Waals surface area (Å²) in [5, 5.41) is 4.37. The van der Waals surface area contributed by atoms with E-state index in [2.05, 4.69) is 15.1 Å². The molecule has 3 aromatic heterocycles. The van der Waals surface area contributed by atoms with Crippen molar-refractivity contribution in [2.24, 2.45) is 7.05 Å². The first kappa shape index (κ1) is 15.3. The van der Waals surface area contributed by atoms with E-state index in [0.29, 0.717) is 13.1 Å². The third kappa shape index (κ3) is 2.73. The number of aryl methyl sites for hydroxylation is 2. The van der Waals surface area contributed by atoms with Gasteiger partial charge < -0.3 is 0 Å². The molecule has 0 spiro atoms. The minimum Gasteiger partial charge on any atom is -0.289 e. The molecule has 7 heteroatoms. The van der Waals surface area contributed by atoms with Gasteiger partial charge in [0.2, 0.25) is 0 Å². The summed E-state index contributed by atoms with van der Waals surface area (Å²) >= 11 is 0. The molecule has 0 unspecified atom stereocenters. The topological polar surface area (TPSA) is 67.2 Å². The van der Waals surface area contributed by atoms with Gasteiger partial charge in [-0.15, -0.1) is 0 Å². The lowest BCUT2D eigenvalue weighted by atomic mass is 10.1. The Labute approximate surface area is 145 Å². The quantitative estimate of drug-likeness (QED) is 0.738. The van der Waals surface area contributed by atoms with Gasteiger partial charge >= 0.3 is 6.03 Å². The standard InChI is InChI=1S/C18H18N6O/c1-13-17(12-22(2)21-13)24-11-15-9-20-8-5-16(15)23(18(24)25)10-14-3-6-19-7-4-14/h3-9,12H,10-11H2,1-2H3. The molecular formula is C18H18N6O. The SMILES string of the molecule is Cc1nn(C)cc1N1Cc2cnccc2N(Cc2ccncc2)C1=O. The summed E-state index contributed by atoms with van der Waals surface area (Å²) in [7, 11) is 1.86. The van der Waals surface area contributed by atoms with E-state index in [1.165, 1.54) is 0 Å². The third-order valence-electron chi connectivity index (χ3n) is 4.33. The molecule has 3 aromatic rings. The van der Waals surface area contributed by atoms with Gasteiger partial charge in [0.25, 0.3) is 0 Å². The van der Waals surface area contributed by atoms with Crippen LogP contribution in [0.3, 0.4) is 0 Å². The Morgan fingerprint density at radius 1 is 1.08 bits per heavy atom. The fraction of sp³-hybridized carbons (Fsp3) is 0.222. The Balaban J connectivity index is 1.76. The Morgan fingerprint density at radius 3 is 2.56 bits per heavy atom. The maximum atomic E-state index is 13.2. The summed E-state index contributed by atoms with van der Waals surface area (Å²) in [5.74, 6) is 0. The number of urea groups is 1. The number of anilines is 2. The van der Waals surface area contributed by atoms with Gasteiger partial charge in [0, 0.05) is 43.6 Å². The lowest BCUT2D eigenvalue weighted by molar-refractivity contribution is 0.249. The maximum absolute atomic E-state index is 13.2. The Bertz CT molecular complexity index is 920. The van der Waals surface area contributed by atoms with Crippen molar-refractivity contribution in [1.29, 1.82) is 0 Å². The van der Waals surface area contributed by atoms with E-state index in [4.69, 9.17) is 0 Å². The van der Waals surface area contributed by atoms with Crippen molar-refractivity contribution >= 4 is 17.4 Å². The number of nitrogens with zero attached hydrogens (tertiary/aromatic N) is 6. The van der Waals surface area contributed by atoms with Crippen LogP contribution in [0, 0.1) is 6.92 Å². The van der Waals surface area contributed by atoms with E-state index in [9.17, 15) is 4.79 Å². The number of pyridine rings is 2. The van der Waals surface area contributed by atoms with E-state index in [1.54, 1.807) is 33.1 Å². The molecule has 0 saturated heterocycles. The zero-order valence-corrected chi connectivity index (χ0v) is 14.1. The number of amides is 2. The van der Waals surface area contributed by atoms with Crippen molar-refractivity contribution < 1.29 is 4.79 Å². The van der Waals surface area contributed by atoms with Crippen LogP contribution >= 0.6 is 0 Å². The Kier molecular flexibility index (Phi) is 3.68. The van der Waals surface area contributed by atoms with E-state index >= 15 is 0 Å². The first-order valence-electron chi connectivity index (χ1n) is 8.04. The van der Waals surface area contributed by atoms with E-state index in [-0.39, 0.29) is 6.03 Å². The normalized spacial score (nSPS) is 13.9. The molecule has 4 heterocycles. The zero-order chi connectivity index (χ0) is 17.4. The molecule has 2 amide bonds. The number of hydrogen-bond acceptors (Lipinski definition) is 4. The van der Waals surface area contributed by atoms with Crippen LogP contribution in [0.15, 0.2) is 49.2 Å². The number of fused-ring (bicyclic) bond motifs is 1. The van der Waals surface area contributed by atoms with Crippen LogP contribution < -0.4 is 9.80 Å². The zero-order valence-electron chi connectivity index (χ0n) is 14.1. The number of aromatic nitrogens is 4. The van der Waals surface area contributed by atoms with Crippen LogP contribution in [0.5, 0.6) is 0 Å². The molecule has 0 fully saturated rings. The van der Waals surface area contributed by atoms with Crippen molar-refractivity contribution in [1.82, 2.24) is 19.7 Å². The first-order valence-corrected chi connectivity index (χ1v) is 8.04. The maximum Gasteiger partial charge on any atom is 0.329 e. The predicted octanol–water partition coefficient (Wildman–Crippen LogP) is 2.67. The van der Waals surface area contributed by atoms with Gasteiger partial charge in [0.1, 0.15) is 0 Å². The molecule has 4 rings (SSSR count). The van der Waals surface area contributed by atoms with Crippen LogP contribution in [-0.2, 0) is 20.1 Å². The third-order valence-corrected chi connectivity index (χ3v) is 4.33. The predicted molar refractivity (Wildman–Crippen MR) is 94.2 cm³/mol. The largest absolute Gasteiger partial charge is 0.329 e. The summed E-state index contributed by atoms with van der Waals surface area (Å²) in [5.41, 5.74) is 4.58. The number of hydrogen-bond donors (Lipinski definition) is 0. The molecule has 0 N–H and O–H groups in total. The molecular weight excluding hydrogens is 316 g/mol. The molecule has 25 heavy (non-hydrogen) atoms. The monoisotopic (exact) mass is 334 g/mol. The molecule has 0 atom stereocenters. The first-order chi connectivity index (χ1) is 12.1. The smallest absolute Gasteiger partial charge is 0.289 e. The van der Waals surface area contributed by atoms with Crippen LogP contribution in [0.2, 0.25) is 0 Å². The molecule has 1 aliphatic heterocycles. The minimum absolute atomic E-state index is 0.0633. The van der Waals surface area contributed by atoms with Crippen molar-refractivity contribution in [2.75, 3.05) is 9.80 Å². The number of carbonyl (C=O) groups excluding carboxylic acids is 1. The number of carbonyl (C=O) groups is 1. The molecule has 0 bridgehead atoms. The molecule has 126 valence electrons. The van der Waals surface area contributed by atoms with E-state index < -0.39 is 0 Å². The average molecular weight is 334 g/mol. The highest BCUT2D eigenvalue weighted by Crippen LogP contribution is 2.33. The molecule has 0 radical (unpaired) electrons. The van der Waals surface area contributed by atoms with Gasteiger partial charge in [-0.3, -0.25) is 24.4 Å². The summed E-state index contributed by atoms with van der Waals surface area (Å²) in [6, 6.07) is 5.67. The molecule has 0 saturated carbocycles. The van der Waals surface area contributed by atoms with Gasteiger partial charge in [0.05, 0.1) is 30.2 Å². The highest BCUT2D eigenvalue weighted by Gasteiger charge is 2.32. The molecule has 7 nitrogen and oxygen atoms in total. The number of rotatable bonds is 3. The second-order valence-electron chi connectivity index (χ2n) is 6.09. The van der Waals surface area contributed by atoms with Gasteiger partial charge in [-0.05, 0) is 30.7 Å². The van der Waals surface area contributed by atoms with Gasteiger partial charge in [-0.25, -0.2) is 4.79 Å². The molecule has 0 aliphatic carbocycles. The second kappa shape index (κ2) is 6.01. The van der Waals surface area contributed by atoms with Gasteiger partial charge in [0.15, 0.2) is 0 Å². The van der Waals surface area contributed by atoms with Crippen LogP contribution in [0.1, 0.15) is 16.8 Å². The fourth-order valence-corrected chi connectivity index (χ4v) is 3.16. The van der Waals surface area contributed by atoms with Crippen molar-refractivity contribution in [3.8, 4) is 0 Å². The van der Waals surface area contributed by atoms with E-state index in [0.717, 1.165) is 28.2 Å². The summed E-state index contributed by atoms with van der Waals surface area (Å²) in [4.78, 5) is 25.0. The highest BCUT2D eigenvalue weighted by atomic mass is 16.2. The van der Waals surface area contributed by atoms with Gasteiger partial charge in [-0.2, -0.15) is 5.10 Å². The second-order valence-corrected chi connectivity index (χ2v) is 6.09. The summed E-state index contributed by atoms with van der Waals surface area (Å²) in [6.45, 7) is 2.88. The molecule has 0 aromatic carbocycles. The fourth-order valence-electron chi connectivity index (χ4n) is 3.16. The summed E-state index contributed by atoms with van der Waals surface area (Å²) < 4.78 is 1.73. The van der Waals surface area contributed by atoms with E-state index in [1.807, 2.05) is 44.6 Å². The summed E-state index contributed by atoms with van der Waals surface area (Å²) in [6.07, 6.45) is 8.89. The lowest BCUT2D eigenvalue weighted by Gasteiger charge is -2.36. The Morgan fingerprint density at radius 2 is 1.84 bits per heavy atom. The van der Waals surface area contributed by atoms with Crippen molar-refractivity contribution in [3.05, 3.63) is 66.0 Å². The minimum atomic E-state index is -0.0633. The Hall–Kier alpha value is -3.22. The van der Waals surface area contributed by atoms with Crippen LogP contribution in [-0.4, -0.2) is 25.8 Å².